The number of hydrogen-bond donors (Lipinski definition) is 0. The van der Waals surface area contributed by atoms with Gasteiger partial charge in [0.15, 0.2) is 11.0 Å². The highest BCUT2D eigenvalue weighted by atomic mass is 32.2. The molecule has 0 bridgehead atoms. The number of aromatic nitrogens is 4. The molecule has 0 saturated heterocycles. The van der Waals surface area contributed by atoms with Crippen molar-refractivity contribution in [3.05, 3.63) is 59.0 Å². The van der Waals surface area contributed by atoms with Gasteiger partial charge in [-0.1, -0.05) is 41.6 Å². The maximum Gasteiger partial charge on any atom is 0.191 e. The first-order valence-electron chi connectivity index (χ1n) is 8.77. The summed E-state index contributed by atoms with van der Waals surface area (Å²) >= 11 is 3.34. The van der Waals surface area contributed by atoms with Gasteiger partial charge in [-0.05, 0) is 26.8 Å². The lowest BCUT2D eigenvalue weighted by Crippen LogP contribution is -2.00. The zero-order valence-corrected chi connectivity index (χ0v) is 17.1. The minimum atomic E-state index is 0.769. The van der Waals surface area contributed by atoms with Crippen LogP contribution in [0.5, 0.6) is 0 Å². The summed E-state index contributed by atoms with van der Waals surface area (Å²) in [6.45, 7) is 6.95. The third kappa shape index (κ3) is 3.70. The molecule has 5 nitrogen and oxygen atoms in total. The van der Waals surface area contributed by atoms with Crippen molar-refractivity contribution >= 4 is 23.1 Å². The van der Waals surface area contributed by atoms with Gasteiger partial charge in [-0.25, -0.2) is 4.98 Å². The Labute approximate surface area is 166 Å². The highest BCUT2D eigenvalue weighted by molar-refractivity contribution is 7.98. The van der Waals surface area contributed by atoms with E-state index in [0.717, 1.165) is 50.9 Å². The van der Waals surface area contributed by atoms with Gasteiger partial charge in [-0.3, -0.25) is 0 Å². The van der Waals surface area contributed by atoms with Gasteiger partial charge in [0, 0.05) is 23.2 Å². The maximum absolute atomic E-state index is 5.41. The zero-order chi connectivity index (χ0) is 18.8. The molecular weight excluding hydrogens is 376 g/mol. The first-order chi connectivity index (χ1) is 13.2. The van der Waals surface area contributed by atoms with Crippen molar-refractivity contribution in [2.75, 3.05) is 0 Å². The first-order valence-corrected chi connectivity index (χ1v) is 10.6. The van der Waals surface area contributed by atoms with Crippen molar-refractivity contribution in [1.82, 2.24) is 19.7 Å². The molecule has 0 aliphatic heterocycles. The minimum Gasteiger partial charge on any atom is -0.469 e. The fourth-order valence-electron chi connectivity index (χ4n) is 2.84. The van der Waals surface area contributed by atoms with Gasteiger partial charge < -0.3 is 8.98 Å². The second-order valence-corrected chi connectivity index (χ2v) is 8.04. The molecule has 1 aromatic carbocycles. The molecule has 3 aromatic heterocycles. The fourth-order valence-corrected chi connectivity index (χ4v) is 4.66. The van der Waals surface area contributed by atoms with E-state index in [2.05, 4.69) is 58.3 Å². The molecular formula is C20H20N4OS2. The predicted octanol–water partition coefficient (Wildman–Crippen LogP) is 5.59. The van der Waals surface area contributed by atoms with Crippen LogP contribution in [-0.4, -0.2) is 19.7 Å². The molecule has 0 aliphatic rings. The Morgan fingerprint density at radius 2 is 1.93 bits per heavy atom. The van der Waals surface area contributed by atoms with Gasteiger partial charge in [-0.2, -0.15) is 0 Å². The highest BCUT2D eigenvalue weighted by Crippen LogP contribution is 2.30. The molecule has 0 atom stereocenters. The van der Waals surface area contributed by atoms with Crippen LogP contribution in [0.3, 0.4) is 0 Å². The van der Waals surface area contributed by atoms with Crippen LogP contribution in [0.25, 0.3) is 22.0 Å². The number of aryl methyl sites for hydroxylation is 2. The Bertz CT molecular complexity index is 1050. The third-order valence-corrected chi connectivity index (χ3v) is 6.27. The Morgan fingerprint density at radius 1 is 1.11 bits per heavy atom. The molecule has 27 heavy (non-hydrogen) atoms. The van der Waals surface area contributed by atoms with Crippen molar-refractivity contribution in [3.8, 4) is 22.0 Å². The van der Waals surface area contributed by atoms with Crippen LogP contribution in [0.2, 0.25) is 0 Å². The number of nitrogens with zero attached hydrogens (tertiary/aromatic N) is 4. The molecule has 3 heterocycles. The molecule has 0 N–H and O–H groups in total. The molecule has 4 aromatic rings. The smallest absolute Gasteiger partial charge is 0.191 e. The largest absolute Gasteiger partial charge is 0.469 e. The molecule has 0 spiro atoms. The van der Waals surface area contributed by atoms with Crippen molar-refractivity contribution in [3.63, 3.8) is 0 Å². The van der Waals surface area contributed by atoms with Gasteiger partial charge in [-0.15, -0.1) is 21.5 Å². The lowest BCUT2D eigenvalue weighted by atomic mass is 10.2. The number of hydrogen-bond acceptors (Lipinski definition) is 6. The summed E-state index contributed by atoms with van der Waals surface area (Å²) in [7, 11) is 0. The normalized spacial score (nSPS) is 11.2. The molecule has 138 valence electrons. The second kappa shape index (κ2) is 7.70. The van der Waals surface area contributed by atoms with E-state index < -0.39 is 0 Å². The van der Waals surface area contributed by atoms with Crippen LogP contribution in [0, 0.1) is 13.8 Å². The maximum atomic E-state index is 5.41. The van der Waals surface area contributed by atoms with Crippen molar-refractivity contribution in [2.24, 2.45) is 0 Å². The number of thiazole rings is 1. The van der Waals surface area contributed by atoms with Crippen LogP contribution in [0.4, 0.5) is 0 Å². The summed E-state index contributed by atoms with van der Waals surface area (Å²) in [5, 5.41) is 12.8. The average Bonchev–Trinajstić information content (AvgIpc) is 3.39. The predicted molar refractivity (Wildman–Crippen MR) is 110 cm³/mol. The van der Waals surface area contributed by atoms with E-state index >= 15 is 0 Å². The van der Waals surface area contributed by atoms with E-state index in [1.54, 1.807) is 29.4 Å². The molecule has 0 amide bonds. The van der Waals surface area contributed by atoms with Gasteiger partial charge in [0.2, 0.25) is 0 Å². The highest BCUT2D eigenvalue weighted by Gasteiger charge is 2.17. The van der Waals surface area contributed by atoms with E-state index in [0.29, 0.717) is 0 Å². The Balaban J connectivity index is 1.50. The van der Waals surface area contributed by atoms with Crippen LogP contribution in [0.15, 0.2) is 51.5 Å². The summed E-state index contributed by atoms with van der Waals surface area (Å²) in [5.74, 6) is 2.48. The van der Waals surface area contributed by atoms with Crippen LogP contribution < -0.4 is 0 Å². The van der Waals surface area contributed by atoms with E-state index in [1.807, 2.05) is 13.0 Å². The molecule has 0 aliphatic carbocycles. The monoisotopic (exact) mass is 396 g/mol. The molecule has 0 radical (unpaired) electrons. The summed E-state index contributed by atoms with van der Waals surface area (Å²) in [6, 6.07) is 10.4. The van der Waals surface area contributed by atoms with Crippen molar-refractivity contribution < 1.29 is 4.42 Å². The first kappa shape index (κ1) is 18.0. The Hall–Kier alpha value is -2.38. The van der Waals surface area contributed by atoms with E-state index in [9.17, 15) is 0 Å². The number of rotatable bonds is 6. The van der Waals surface area contributed by atoms with Gasteiger partial charge >= 0.3 is 0 Å². The lowest BCUT2D eigenvalue weighted by Gasteiger charge is -2.06. The Morgan fingerprint density at radius 3 is 2.63 bits per heavy atom. The lowest BCUT2D eigenvalue weighted by molar-refractivity contribution is 0.534. The summed E-state index contributed by atoms with van der Waals surface area (Å²) in [5.41, 5.74) is 4.48. The van der Waals surface area contributed by atoms with E-state index in [4.69, 9.17) is 9.40 Å². The van der Waals surface area contributed by atoms with Crippen molar-refractivity contribution in [2.45, 2.75) is 38.2 Å². The quantitative estimate of drug-likeness (QED) is 0.398. The van der Waals surface area contributed by atoms with Crippen molar-refractivity contribution in [1.29, 1.82) is 0 Å². The van der Waals surface area contributed by atoms with Gasteiger partial charge in [0.25, 0.3) is 0 Å². The topological polar surface area (TPSA) is 56.7 Å². The number of furan rings is 1. The van der Waals surface area contributed by atoms with Crippen LogP contribution >= 0.6 is 23.1 Å². The minimum absolute atomic E-state index is 0.769. The van der Waals surface area contributed by atoms with Gasteiger partial charge in [0.1, 0.15) is 10.8 Å². The molecule has 4 rings (SSSR count). The molecule has 7 heteroatoms. The molecule has 0 fully saturated rings. The van der Waals surface area contributed by atoms with E-state index in [1.165, 1.54) is 5.56 Å². The Kier molecular flexibility index (Phi) is 5.13. The van der Waals surface area contributed by atoms with Crippen LogP contribution in [0.1, 0.15) is 23.9 Å². The summed E-state index contributed by atoms with van der Waals surface area (Å²) in [4.78, 5) is 4.78. The summed E-state index contributed by atoms with van der Waals surface area (Å²) < 4.78 is 7.53. The number of benzene rings is 1. The van der Waals surface area contributed by atoms with Crippen LogP contribution in [-0.2, 0) is 12.3 Å². The number of thioether (sulfide) groups is 1. The molecule has 0 saturated carbocycles. The standard InChI is InChI=1S/C20H20N4OS2/c1-4-24-18(17-9-10-25-14(17)3)22-23-20(24)27-12-16-11-26-19(21-16)15-7-5-13(2)6-8-15/h5-11H,4,12H2,1-3H3. The fraction of sp³-hybridized carbons (Fsp3) is 0.250. The second-order valence-electron chi connectivity index (χ2n) is 6.24. The average molecular weight is 397 g/mol. The molecule has 0 unspecified atom stereocenters. The SMILES string of the molecule is CCn1c(SCc2csc(-c3ccc(C)cc3)n2)nnc1-c1ccoc1C. The van der Waals surface area contributed by atoms with E-state index in [-0.39, 0.29) is 0 Å². The summed E-state index contributed by atoms with van der Waals surface area (Å²) in [6.07, 6.45) is 1.69. The third-order valence-electron chi connectivity index (χ3n) is 4.33. The zero-order valence-electron chi connectivity index (χ0n) is 15.5. The van der Waals surface area contributed by atoms with Gasteiger partial charge in [0.05, 0.1) is 17.5 Å².